The lowest BCUT2D eigenvalue weighted by Crippen LogP contribution is -2.40. The van der Waals surface area contributed by atoms with Gasteiger partial charge in [0.05, 0.1) is 8.07 Å². The number of nitrogens with zero attached hydrogens (tertiary/aromatic N) is 1. The molecule has 0 fully saturated rings. The van der Waals surface area contributed by atoms with Crippen LogP contribution in [-0.4, -0.2) is 31.5 Å². The van der Waals surface area contributed by atoms with Gasteiger partial charge in [-0.2, -0.15) is 0 Å². The first kappa shape index (κ1) is 17.4. The average molecular weight is 339 g/mol. The van der Waals surface area contributed by atoms with Crippen LogP contribution >= 0.6 is 0 Å². The fraction of sp³-hybridized carbons (Fsp3) is 0.500. The minimum absolute atomic E-state index is 0.618. The van der Waals surface area contributed by atoms with Gasteiger partial charge in [-0.05, 0) is 44.7 Å². The molecule has 4 rings (SSSR count). The van der Waals surface area contributed by atoms with Gasteiger partial charge in [-0.1, -0.05) is 55.2 Å². The maximum absolute atomic E-state index is 2.58. The van der Waals surface area contributed by atoms with Crippen molar-refractivity contribution < 1.29 is 4.58 Å². The number of allylic oxidation sites excluding steroid dienone is 4. The summed E-state index contributed by atoms with van der Waals surface area (Å²) in [5, 5.41) is 1.81. The number of benzene rings is 1. The minimum Gasteiger partial charge on any atom is -0.230 e. The third-order valence-electron chi connectivity index (χ3n) is 5.59. The van der Waals surface area contributed by atoms with Crippen LogP contribution in [0, 0.1) is 11.8 Å². The van der Waals surface area contributed by atoms with Crippen molar-refractivity contribution in [2.75, 3.05) is 13.1 Å². The lowest BCUT2D eigenvalue weighted by Gasteiger charge is -2.40. The van der Waals surface area contributed by atoms with Gasteiger partial charge < -0.3 is 0 Å². The zero-order valence-electron chi connectivity index (χ0n) is 16.0. The summed E-state index contributed by atoms with van der Waals surface area (Å²) in [6.45, 7) is 14.3. The second-order valence-corrected chi connectivity index (χ2v) is 13.2. The van der Waals surface area contributed by atoms with E-state index in [1.807, 2.05) is 5.20 Å². The molecule has 0 saturated carbocycles. The third-order valence-corrected chi connectivity index (χ3v) is 7.84. The summed E-state index contributed by atoms with van der Waals surface area (Å²) in [7, 11) is -1.36. The number of hydrogen-bond donors (Lipinski definition) is 0. The van der Waals surface area contributed by atoms with E-state index in [9.17, 15) is 0 Å². The summed E-state index contributed by atoms with van der Waals surface area (Å²) in [5.41, 5.74) is 4.59. The number of rotatable bonds is 5. The Labute approximate surface area is 148 Å². The molecule has 0 saturated heterocycles. The lowest BCUT2D eigenvalue weighted by atomic mass is 9.73. The molecule has 1 aromatic carbocycles. The van der Waals surface area contributed by atoms with Crippen LogP contribution in [0.1, 0.15) is 32.3 Å². The van der Waals surface area contributed by atoms with E-state index in [2.05, 4.69) is 80.5 Å². The van der Waals surface area contributed by atoms with Crippen molar-refractivity contribution >= 4 is 13.8 Å². The molecule has 0 radical (unpaired) electrons. The molecule has 2 atom stereocenters. The summed E-state index contributed by atoms with van der Waals surface area (Å²) < 4.78 is 2.58. The normalized spacial score (nSPS) is 22.9. The third kappa shape index (κ3) is 3.09. The molecular weight excluding hydrogens is 306 g/mol. The summed E-state index contributed by atoms with van der Waals surface area (Å²) in [6, 6.07) is 11.1. The van der Waals surface area contributed by atoms with Crippen LogP contribution in [0.4, 0.5) is 0 Å². The molecule has 0 amide bonds. The van der Waals surface area contributed by atoms with Crippen molar-refractivity contribution in [3.8, 4) is 0 Å². The lowest BCUT2D eigenvalue weighted by molar-refractivity contribution is -0.519. The van der Waals surface area contributed by atoms with Gasteiger partial charge in [0.15, 0.2) is 0 Å². The summed E-state index contributed by atoms with van der Waals surface area (Å²) in [4.78, 5) is 0. The number of hydrogen-bond acceptors (Lipinski definition) is 0. The molecule has 1 nitrogen and oxygen atoms in total. The topological polar surface area (TPSA) is 3.01 Å². The maximum atomic E-state index is 2.58. The predicted octanol–water partition coefficient (Wildman–Crippen LogP) is 5.30. The standard InChI is InChI=1S/C22H32NSi/c1-6-23(7-2)21(18-11-9-8-10-12-18)20-17-13-15-19(16-14-17)22(20)24(3,4)5/h8-13,15,17,19H,6-7,14,16H2,1-5H3/q+1. The molecule has 3 aliphatic carbocycles. The fourth-order valence-corrected chi connectivity index (χ4v) is 7.07. The Hall–Kier alpha value is -1.41. The highest BCUT2D eigenvalue weighted by atomic mass is 28.3. The molecule has 0 aliphatic heterocycles. The minimum atomic E-state index is -1.36. The fourth-order valence-electron chi connectivity index (χ4n) is 4.61. The van der Waals surface area contributed by atoms with Gasteiger partial charge in [0, 0.05) is 17.1 Å². The highest BCUT2D eigenvalue weighted by molar-refractivity contribution is 6.83. The Bertz CT molecular complexity index is 682. The monoisotopic (exact) mass is 338 g/mol. The maximum Gasteiger partial charge on any atom is 0.210 e. The quantitative estimate of drug-likeness (QED) is 0.297. The van der Waals surface area contributed by atoms with E-state index >= 15 is 0 Å². The van der Waals surface area contributed by atoms with E-state index in [4.69, 9.17) is 0 Å². The second-order valence-electron chi connectivity index (χ2n) is 8.14. The summed E-state index contributed by atoms with van der Waals surface area (Å²) >= 11 is 0. The van der Waals surface area contributed by atoms with E-state index in [1.54, 1.807) is 5.57 Å². The molecule has 2 bridgehead atoms. The van der Waals surface area contributed by atoms with Crippen molar-refractivity contribution in [1.29, 1.82) is 0 Å². The van der Waals surface area contributed by atoms with Crippen LogP contribution in [0.2, 0.25) is 19.6 Å². The molecular formula is C22H32NSi+. The highest BCUT2D eigenvalue weighted by Crippen LogP contribution is 2.45. The van der Waals surface area contributed by atoms with Crippen molar-refractivity contribution in [2.45, 2.75) is 46.3 Å². The molecule has 3 aliphatic rings. The van der Waals surface area contributed by atoms with E-state index in [0.29, 0.717) is 11.8 Å². The molecule has 0 aromatic heterocycles. The Morgan fingerprint density at radius 1 is 0.958 bits per heavy atom. The molecule has 2 heteroatoms. The van der Waals surface area contributed by atoms with Crippen LogP contribution < -0.4 is 0 Å². The van der Waals surface area contributed by atoms with E-state index in [0.717, 1.165) is 13.1 Å². The van der Waals surface area contributed by atoms with Gasteiger partial charge in [-0.3, -0.25) is 0 Å². The highest BCUT2D eigenvalue weighted by Gasteiger charge is 2.41. The van der Waals surface area contributed by atoms with Crippen LogP contribution in [0.5, 0.6) is 0 Å². The summed E-state index contributed by atoms with van der Waals surface area (Å²) in [6.07, 6.45) is 7.68. The van der Waals surface area contributed by atoms with Crippen LogP contribution in [-0.2, 0) is 0 Å². The zero-order valence-corrected chi connectivity index (χ0v) is 17.0. The van der Waals surface area contributed by atoms with Gasteiger partial charge >= 0.3 is 0 Å². The first-order chi connectivity index (χ1) is 11.5. The van der Waals surface area contributed by atoms with E-state index in [1.165, 1.54) is 24.1 Å². The Kier molecular flexibility index (Phi) is 4.96. The van der Waals surface area contributed by atoms with E-state index in [-0.39, 0.29) is 0 Å². The van der Waals surface area contributed by atoms with Crippen molar-refractivity contribution in [2.24, 2.45) is 11.8 Å². The Balaban J connectivity index is 2.29. The molecule has 0 heterocycles. The molecule has 1 aromatic rings. The molecule has 2 unspecified atom stereocenters. The van der Waals surface area contributed by atoms with Crippen LogP contribution in [0.15, 0.2) is 53.3 Å². The van der Waals surface area contributed by atoms with Gasteiger partial charge in [0.1, 0.15) is 13.1 Å². The van der Waals surface area contributed by atoms with Gasteiger partial charge in [-0.15, -0.1) is 0 Å². The van der Waals surface area contributed by atoms with Gasteiger partial charge in [0.25, 0.3) is 0 Å². The van der Waals surface area contributed by atoms with Crippen molar-refractivity contribution in [3.63, 3.8) is 0 Å². The largest absolute Gasteiger partial charge is 0.230 e. The second kappa shape index (κ2) is 6.83. The van der Waals surface area contributed by atoms with Crippen molar-refractivity contribution in [1.82, 2.24) is 0 Å². The number of fused-ring (bicyclic) bond motifs is 1. The van der Waals surface area contributed by atoms with Crippen LogP contribution in [0.25, 0.3) is 0 Å². The molecule has 0 N–H and O–H groups in total. The van der Waals surface area contributed by atoms with Crippen LogP contribution in [0.3, 0.4) is 0 Å². The van der Waals surface area contributed by atoms with E-state index < -0.39 is 8.07 Å². The smallest absolute Gasteiger partial charge is 0.210 e. The zero-order chi connectivity index (χ0) is 17.3. The van der Waals surface area contributed by atoms with Gasteiger partial charge in [-0.25, -0.2) is 4.58 Å². The average Bonchev–Trinajstić information content (AvgIpc) is 2.59. The molecule has 24 heavy (non-hydrogen) atoms. The summed E-state index contributed by atoms with van der Waals surface area (Å²) in [5.74, 6) is 1.30. The predicted molar refractivity (Wildman–Crippen MR) is 108 cm³/mol. The first-order valence-electron chi connectivity index (χ1n) is 9.57. The van der Waals surface area contributed by atoms with Crippen molar-refractivity contribution in [3.05, 3.63) is 58.8 Å². The van der Waals surface area contributed by atoms with Gasteiger partial charge in [0.2, 0.25) is 5.71 Å². The molecule has 0 spiro atoms. The molecule has 128 valence electrons. The Morgan fingerprint density at radius 3 is 2.04 bits per heavy atom. The Morgan fingerprint density at radius 2 is 1.54 bits per heavy atom. The SMILES string of the molecule is CC[N+](CC)=C(C1=C([Si](C)(C)C)C2C=CC1CC2)c1ccccc1. The first-order valence-corrected chi connectivity index (χ1v) is 13.1.